The first-order valence-electron chi connectivity index (χ1n) is 11.9. The Hall–Kier alpha value is -2.88. The van der Waals surface area contributed by atoms with Crippen LogP contribution < -0.4 is 15.5 Å². The fourth-order valence-electron chi connectivity index (χ4n) is 3.94. The van der Waals surface area contributed by atoms with Crippen LogP contribution in [0, 0.1) is 5.82 Å². The van der Waals surface area contributed by atoms with Crippen LogP contribution in [0.25, 0.3) is 0 Å². The first-order chi connectivity index (χ1) is 17.3. The molecule has 36 heavy (non-hydrogen) atoms. The zero-order valence-corrected chi connectivity index (χ0v) is 21.7. The van der Waals surface area contributed by atoms with Crippen LogP contribution in [0.15, 0.2) is 36.4 Å². The van der Waals surface area contributed by atoms with E-state index in [1.165, 1.54) is 12.1 Å². The van der Waals surface area contributed by atoms with Gasteiger partial charge in [0, 0.05) is 51.5 Å². The van der Waals surface area contributed by atoms with Gasteiger partial charge in [0.2, 0.25) is 0 Å². The standard InChI is InChI=1S/C24H29ClFN3O4.C2H6O/c1-2-11-29(18-9-12-33-13-10-18)22-7-3-16(4-8-23(30)31)14-21(22)28-24(32)27-20-6-5-17(25)15-19(20)26;1-3-2/h3,5-7,14-15,18H,2,4,8-13H2,1H3,(H,30,31)(H2,27,28,32);1-2H3. The second-order valence-electron chi connectivity index (χ2n) is 8.39. The molecule has 0 bridgehead atoms. The molecular formula is C26H35ClFN3O5. The van der Waals surface area contributed by atoms with Crippen LogP contribution in [0.4, 0.5) is 26.2 Å². The van der Waals surface area contributed by atoms with Gasteiger partial charge in [-0.3, -0.25) is 4.79 Å². The SMILES string of the molecule is CCCN(c1ccc(CCC(=O)O)cc1NC(=O)Nc1ccc(Cl)cc1F)C1CCOCC1.COC. The lowest BCUT2D eigenvalue weighted by molar-refractivity contribution is -0.136. The van der Waals surface area contributed by atoms with Crippen molar-refractivity contribution < 1.29 is 28.6 Å². The number of hydrogen-bond acceptors (Lipinski definition) is 5. The summed E-state index contributed by atoms with van der Waals surface area (Å²) in [6, 6.07) is 9.28. The number of benzene rings is 2. The lowest BCUT2D eigenvalue weighted by Crippen LogP contribution is -2.40. The maximum Gasteiger partial charge on any atom is 0.323 e. The van der Waals surface area contributed by atoms with Crippen molar-refractivity contribution in [3.05, 3.63) is 52.8 Å². The number of methoxy groups -OCH3 is 1. The summed E-state index contributed by atoms with van der Waals surface area (Å²) in [5.74, 6) is -1.53. The predicted molar refractivity (Wildman–Crippen MR) is 141 cm³/mol. The van der Waals surface area contributed by atoms with E-state index in [0.717, 1.165) is 43.1 Å². The van der Waals surface area contributed by atoms with Crippen LogP contribution in [-0.2, 0) is 20.7 Å². The van der Waals surface area contributed by atoms with E-state index in [1.54, 1.807) is 20.3 Å². The molecule has 1 aliphatic heterocycles. The number of halogens is 2. The summed E-state index contributed by atoms with van der Waals surface area (Å²) in [7, 11) is 3.25. The number of aliphatic carboxylic acids is 1. The van der Waals surface area contributed by atoms with E-state index >= 15 is 0 Å². The molecule has 1 heterocycles. The molecule has 1 fully saturated rings. The summed E-state index contributed by atoms with van der Waals surface area (Å²) >= 11 is 5.79. The molecular weight excluding hydrogens is 489 g/mol. The van der Waals surface area contributed by atoms with Gasteiger partial charge in [-0.2, -0.15) is 0 Å². The molecule has 0 atom stereocenters. The third kappa shape index (κ3) is 9.29. The van der Waals surface area contributed by atoms with Gasteiger partial charge in [-0.1, -0.05) is 24.6 Å². The first kappa shape index (κ1) is 29.4. The van der Waals surface area contributed by atoms with Crippen LogP contribution in [0.3, 0.4) is 0 Å². The maximum atomic E-state index is 14.1. The minimum Gasteiger partial charge on any atom is -0.481 e. The lowest BCUT2D eigenvalue weighted by Gasteiger charge is -2.37. The van der Waals surface area contributed by atoms with Crippen LogP contribution in [0.1, 0.15) is 38.2 Å². The van der Waals surface area contributed by atoms with Gasteiger partial charge in [0.05, 0.1) is 17.1 Å². The highest BCUT2D eigenvalue weighted by molar-refractivity contribution is 6.30. The molecule has 0 aromatic heterocycles. The molecule has 2 amide bonds. The van der Waals surface area contributed by atoms with E-state index in [0.29, 0.717) is 25.3 Å². The number of hydrogen-bond donors (Lipinski definition) is 3. The van der Waals surface area contributed by atoms with Crippen molar-refractivity contribution in [1.29, 1.82) is 0 Å². The number of carboxylic acids is 1. The van der Waals surface area contributed by atoms with E-state index in [1.807, 2.05) is 12.1 Å². The number of rotatable bonds is 9. The summed E-state index contributed by atoms with van der Waals surface area (Å²) in [5, 5.41) is 14.6. The molecule has 1 aliphatic rings. The molecule has 8 nitrogen and oxygen atoms in total. The predicted octanol–water partition coefficient (Wildman–Crippen LogP) is 5.80. The molecule has 1 saturated heterocycles. The van der Waals surface area contributed by atoms with Gasteiger partial charge in [0.25, 0.3) is 0 Å². The van der Waals surface area contributed by atoms with E-state index in [9.17, 15) is 14.0 Å². The highest BCUT2D eigenvalue weighted by atomic mass is 35.5. The molecule has 0 radical (unpaired) electrons. The van der Waals surface area contributed by atoms with Gasteiger partial charge in [-0.05, 0) is 61.6 Å². The lowest BCUT2D eigenvalue weighted by atomic mass is 10.0. The number of nitrogens with zero attached hydrogens (tertiary/aromatic N) is 1. The smallest absolute Gasteiger partial charge is 0.323 e. The quantitative estimate of drug-likeness (QED) is 0.384. The van der Waals surface area contributed by atoms with Gasteiger partial charge < -0.3 is 30.1 Å². The van der Waals surface area contributed by atoms with Crippen LogP contribution in [-0.4, -0.2) is 57.1 Å². The maximum absolute atomic E-state index is 14.1. The van der Waals surface area contributed by atoms with E-state index in [2.05, 4.69) is 27.2 Å². The third-order valence-electron chi connectivity index (χ3n) is 5.52. The molecule has 3 N–H and O–H groups in total. The highest BCUT2D eigenvalue weighted by Gasteiger charge is 2.24. The number of amides is 2. The number of carbonyl (C=O) groups is 2. The summed E-state index contributed by atoms with van der Waals surface area (Å²) in [6.07, 6.45) is 2.99. The highest BCUT2D eigenvalue weighted by Crippen LogP contribution is 2.32. The van der Waals surface area contributed by atoms with Crippen molar-refractivity contribution >= 4 is 40.7 Å². The Balaban J connectivity index is 0.00000145. The summed E-state index contributed by atoms with van der Waals surface area (Å²) in [5.41, 5.74) is 2.19. The minimum absolute atomic E-state index is 0.00956. The van der Waals surface area contributed by atoms with Crippen molar-refractivity contribution in [3.8, 4) is 0 Å². The Morgan fingerprint density at radius 1 is 1.14 bits per heavy atom. The van der Waals surface area contributed by atoms with Gasteiger partial charge in [-0.25, -0.2) is 9.18 Å². The van der Waals surface area contributed by atoms with Gasteiger partial charge in [-0.15, -0.1) is 0 Å². The van der Waals surface area contributed by atoms with E-state index < -0.39 is 17.8 Å². The number of urea groups is 1. The zero-order valence-electron chi connectivity index (χ0n) is 21.0. The molecule has 198 valence electrons. The Morgan fingerprint density at radius 2 is 1.81 bits per heavy atom. The number of ether oxygens (including phenoxy) is 2. The van der Waals surface area contributed by atoms with Crippen molar-refractivity contribution in [3.63, 3.8) is 0 Å². The van der Waals surface area contributed by atoms with Gasteiger partial charge >= 0.3 is 12.0 Å². The van der Waals surface area contributed by atoms with Crippen LogP contribution in [0.5, 0.6) is 0 Å². The first-order valence-corrected chi connectivity index (χ1v) is 12.3. The van der Waals surface area contributed by atoms with Crippen LogP contribution >= 0.6 is 11.6 Å². The topological polar surface area (TPSA) is 100 Å². The summed E-state index contributed by atoms with van der Waals surface area (Å²) in [6.45, 7) is 4.25. The van der Waals surface area contributed by atoms with Crippen molar-refractivity contribution in [2.45, 2.75) is 45.1 Å². The molecule has 0 spiro atoms. The third-order valence-corrected chi connectivity index (χ3v) is 5.76. The normalized spacial score (nSPS) is 13.4. The Morgan fingerprint density at radius 3 is 2.42 bits per heavy atom. The zero-order chi connectivity index (χ0) is 26.5. The average molecular weight is 524 g/mol. The number of nitrogens with one attached hydrogen (secondary N) is 2. The van der Waals surface area contributed by atoms with Crippen molar-refractivity contribution in [1.82, 2.24) is 0 Å². The Labute approximate surface area is 216 Å². The molecule has 10 heteroatoms. The van der Waals surface area contributed by atoms with Gasteiger partial charge in [0.15, 0.2) is 0 Å². The Bertz CT molecular complexity index is 1000. The molecule has 0 unspecified atom stereocenters. The van der Waals surface area contributed by atoms with Crippen molar-refractivity contribution in [2.24, 2.45) is 0 Å². The molecule has 2 aromatic rings. The van der Waals surface area contributed by atoms with Crippen LogP contribution in [0.2, 0.25) is 5.02 Å². The molecule has 3 rings (SSSR count). The average Bonchev–Trinajstić information content (AvgIpc) is 2.84. The fourth-order valence-corrected chi connectivity index (χ4v) is 4.10. The fraction of sp³-hybridized carbons (Fsp3) is 0.462. The van der Waals surface area contributed by atoms with Gasteiger partial charge in [0.1, 0.15) is 5.82 Å². The second kappa shape index (κ2) is 15.3. The Kier molecular flexibility index (Phi) is 12.5. The number of anilines is 3. The summed E-state index contributed by atoms with van der Waals surface area (Å²) in [4.78, 5) is 26.0. The minimum atomic E-state index is -0.889. The molecule has 0 saturated carbocycles. The second-order valence-corrected chi connectivity index (χ2v) is 8.83. The van der Waals surface area contributed by atoms with E-state index in [4.69, 9.17) is 21.4 Å². The molecule has 2 aromatic carbocycles. The number of aryl methyl sites for hydroxylation is 1. The monoisotopic (exact) mass is 523 g/mol. The largest absolute Gasteiger partial charge is 0.481 e. The number of carboxylic acid groups (broad SMARTS) is 1. The summed E-state index contributed by atoms with van der Waals surface area (Å²) < 4.78 is 23.9. The van der Waals surface area contributed by atoms with E-state index in [-0.39, 0.29) is 23.2 Å². The number of carbonyl (C=O) groups excluding carboxylic acids is 1. The molecule has 0 aliphatic carbocycles. The van der Waals surface area contributed by atoms with Crippen molar-refractivity contribution in [2.75, 3.05) is 49.5 Å².